The molecule has 2 fully saturated rings. The molecule has 0 aliphatic carbocycles. The quantitative estimate of drug-likeness (QED) is 0.866. The summed E-state index contributed by atoms with van der Waals surface area (Å²) in [4.78, 5) is 25.0. The Kier molecular flexibility index (Phi) is 3.44. The van der Waals surface area contributed by atoms with Crippen molar-refractivity contribution >= 4 is 11.9 Å². The molecule has 3 rings (SSSR count). The van der Waals surface area contributed by atoms with Gasteiger partial charge in [-0.25, -0.2) is 4.79 Å². The second-order valence-electron chi connectivity index (χ2n) is 5.54. The van der Waals surface area contributed by atoms with Gasteiger partial charge >= 0.3 is 5.97 Å². The van der Waals surface area contributed by atoms with E-state index in [1.54, 1.807) is 18.2 Å². The van der Waals surface area contributed by atoms with Crippen LogP contribution in [0.15, 0.2) is 24.3 Å². The number of carboxylic acids is 1. The van der Waals surface area contributed by atoms with E-state index in [1.165, 1.54) is 0 Å². The summed E-state index contributed by atoms with van der Waals surface area (Å²) in [6, 6.07) is 7.30. The van der Waals surface area contributed by atoms with Crippen LogP contribution in [-0.4, -0.2) is 41.0 Å². The molecule has 2 atom stereocenters. The van der Waals surface area contributed by atoms with Crippen LogP contribution in [0.5, 0.6) is 0 Å². The molecule has 2 N–H and O–H groups in total. The molecule has 5 heteroatoms. The highest BCUT2D eigenvalue weighted by Gasteiger charge is 2.40. The fourth-order valence-electron chi connectivity index (χ4n) is 3.27. The fraction of sp³-hybridized carbons (Fsp3) is 0.467. The Bertz CT molecular complexity index is 544. The molecule has 1 aromatic carbocycles. The van der Waals surface area contributed by atoms with Crippen molar-refractivity contribution in [3.05, 3.63) is 35.4 Å². The SMILES string of the molecule is O=C(O)c1cccc(CN2CCCC3C(=O)NCC32)c1. The summed E-state index contributed by atoms with van der Waals surface area (Å²) in [5.41, 5.74) is 1.31. The molecule has 5 nitrogen and oxygen atoms in total. The third kappa shape index (κ3) is 2.41. The molecular formula is C15H18N2O3. The van der Waals surface area contributed by atoms with Crippen LogP contribution in [0.2, 0.25) is 0 Å². The Morgan fingerprint density at radius 1 is 1.45 bits per heavy atom. The molecule has 2 aliphatic rings. The molecule has 2 unspecified atom stereocenters. The van der Waals surface area contributed by atoms with E-state index in [0.717, 1.165) is 24.9 Å². The highest BCUT2D eigenvalue weighted by atomic mass is 16.4. The van der Waals surface area contributed by atoms with Crippen molar-refractivity contribution in [3.8, 4) is 0 Å². The molecule has 1 amide bonds. The maximum atomic E-state index is 11.7. The predicted molar refractivity (Wildman–Crippen MR) is 73.3 cm³/mol. The van der Waals surface area contributed by atoms with Gasteiger partial charge in [-0.3, -0.25) is 9.69 Å². The zero-order valence-corrected chi connectivity index (χ0v) is 11.2. The van der Waals surface area contributed by atoms with E-state index in [1.807, 2.05) is 6.07 Å². The number of likely N-dealkylation sites (tertiary alicyclic amines) is 1. The summed E-state index contributed by atoms with van der Waals surface area (Å²) in [5, 5.41) is 12.0. The summed E-state index contributed by atoms with van der Waals surface area (Å²) in [7, 11) is 0. The van der Waals surface area contributed by atoms with Gasteiger partial charge in [0, 0.05) is 19.1 Å². The topological polar surface area (TPSA) is 69.6 Å². The van der Waals surface area contributed by atoms with E-state index < -0.39 is 5.97 Å². The molecule has 2 heterocycles. The van der Waals surface area contributed by atoms with Crippen LogP contribution >= 0.6 is 0 Å². The molecule has 1 aromatic rings. The van der Waals surface area contributed by atoms with E-state index in [9.17, 15) is 9.59 Å². The first-order valence-corrected chi connectivity index (χ1v) is 6.99. The number of fused-ring (bicyclic) bond motifs is 1. The minimum absolute atomic E-state index is 0.103. The Hall–Kier alpha value is -1.88. The number of rotatable bonds is 3. The Labute approximate surface area is 117 Å². The average molecular weight is 274 g/mol. The highest BCUT2D eigenvalue weighted by molar-refractivity contribution is 5.87. The predicted octanol–water partition coefficient (Wildman–Crippen LogP) is 1.10. The molecule has 0 saturated carbocycles. The van der Waals surface area contributed by atoms with Gasteiger partial charge in [0.2, 0.25) is 5.91 Å². The lowest BCUT2D eigenvalue weighted by Gasteiger charge is -2.35. The fourth-order valence-corrected chi connectivity index (χ4v) is 3.27. The van der Waals surface area contributed by atoms with E-state index in [0.29, 0.717) is 18.7 Å². The van der Waals surface area contributed by atoms with Gasteiger partial charge in [-0.1, -0.05) is 12.1 Å². The van der Waals surface area contributed by atoms with E-state index >= 15 is 0 Å². The maximum Gasteiger partial charge on any atom is 0.335 e. The number of carboxylic acid groups (broad SMARTS) is 1. The first-order valence-electron chi connectivity index (χ1n) is 6.99. The highest BCUT2D eigenvalue weighted by Crippen LogP contribution is 2.28. The van der Waals surface area contributed by atoms with E-state index in [-0.39, 0.29) is 17.9 Å². The first-order chi connectivity index (χ1) is 9.65. The van der Waals surface area contributed by atoms with Crippen LogP contribution in [0.25, 0.3) is 0 Å². The van der Waals surface area contributed by atoms with Gasteiger partial charge in [-0.2, -0.15) is 0 Å². The number of piperidine rings is 1. The Balaban J connectivity index is 1.75. The van der Waals surface area contributed by atoms with E-state index in [4.69, 9.17) is 5.11 Å². The van der Waals surface area contributed by atoms with Crippen molar-refractivity contribution in [2.24, 2.45) is 5.92 Å². The number of benzene rings is 1. The standard InChI is InChI=1S/C15H18N2O3/c18-14-12-5-2-6-17(13(12)8-16-14)9-10-3-1-4-11(7-10)15(19)20/h1,3-4,7,12-13H,2,5-6,8-9H2,(H,16,18)(H,19,20). The van der Waals surface area contributed by atoms with Gasteiger partial charge in [0.1, 0.15) is 0 Å². The minimum Gasteiger partial charge on any atom is -0.478 e. The van der Waals surface area contributed by atoms with Crippen molar-refractivity contribution < 1.29 is 14.7 Å². The smallest absolute Gasteiger partial charge is 0.335 e. The minimum atomic E-state index is -0.902. The van der Waals surface area contributed by atoms with Gasteiger partial charge < -0.3 is 10.4 Å². The average Bonchev–Trinajstić information content (AvgIpc) is 2.82. The van der Waals surface area contributed by atoms with Crippen LogP contribution in [0.1, 0.15) is 28.8 Å². The van der Waals surface area contributed by atoms with Crippen molar-refractivity contribution in [3.63, 3.8) is 0 Å². The molecular weight excluding hydrogens is 256 g/mol. The lowest BCUT2D eigenvalue weighted by Crippen LogP contribution is -2.44. The third-order valence-electron chi connectivity index (χ3n) is 4.28. The number of hydrogen-bond acceptors (Lipinski definition) is 3. The molecule has 0 spiro atoms. The summed E-state index contributed by atoms with van der Waals surface area (Å²) in [5.74, 6) is -0.633. The molecule has 2 saturated heterocycles. The normalized spacial score (nSPS) is 26.1. The number of carbonyl (C=O) groups excluding carboxylic acids is 1. The summed E-state index contributed by atoms with van der Waals surface area (Å²) in [6.45, 7) is 2.38. The summed E-state index contributed by atoms with van der Waals surface area (Å²) >= 11 is 0. The number of aromatic carboxylic acids is 1. The maximum absolute atomic E-state index is 11.7. The van der Waals surface area contributed by atoms with Gasteiger partial charge in [0.25, 0.3) is 0 Å². The van der Waals surface area contributed by atoms with Crippen LogP contribution < -0.4 is 5.32 Å². The molecule has 0 aromatic heterocycles. The van der Waals surface area contributed by atoms with Crippen LogP contribution in [0.3, 0.4) is 0 Å². The van der Waals surface area contributed by atoms with Crippen molar-refractivity contribution in [1.82, 2.24) is 10.2 Å². The molecule has 20 heavy (non-hydrogen) atoms. The van der Waals surface area contributed by atoms with Crippen LogP contribution in [-0.2, 0) is 11.3 Å². The van der Waals surface area contributed by atoms with E-state index in [2.05, 4.69) is 10.2 Å². The lowest BCUT2D eigenvalue weighted by atomic mass is 9.91. The van der Waals surface area contributed by atoms with Crippen molar-refractivity contribution in [2.75, 3.05) is 13.1 Å². The van der Waals surface area contributed by atoms with Gasteiger partial charge in [0.15, 0.2) is 0 Å². The molecule has 106 valence electrons. The second-order valence-corrected chi connectivity index (χ2v) is 5.54. The van der Waals surface area contributed by atoms with Crippen molar-refractivity contribution in [1.29, 1.82) is 0 Å². The van der Waals surface area contributed by atoms with Crippen LogP contribution in [0.4, 0.5) is 0 Å². The first kappa shape index (κ1) is 13.1. The lowest BCUT2D eigenvalue weighted by molar-refractivity contribution is -0.124. The monoisotopic (exact) mass is 274 g/mol. The van der Waals surface area contributed by atoms with Gasteiger partial charge in [-0.15, -0.1) is 0 Å². The summed E-state index contributed by atoms with van der Waals surface area (Å²) in [6.07, 6.45) is 1.98. The number of amides is 1. The molecule has 0 bridgehead atoms. The van der Waals surface area contributed by atoms with Gasteiger partial charge in [0.05, 0.1) is 11.5 Å². The number of nitrogens with one attached hydrogen (secondary N) is 1. The third-order valence-corrected chi connectivity index (χ3v) is 4.28. The van der Waals surface area contributed by atoms with Crippen LogP contribution in [0, 0.1) is 5.92 Å². The Morgan fingerprint density at radius 3 is 3.10 bits per heavy atom. The second kappa shape index (κ2) is 5.25. The number of carbonyl (C=O) groups is 2. The zero-order chi connectivity index (χ0) is 14.1. The molecule has 2 aliphatic heterocycles. The zero-order valence-electron chi connectivity index (χ0n) is 11.2. The molecule has 0 radical (unpaired) electrons. The number of nitrogens with zero attached hydrogens (tertiary/aromatic N) is 1. The van der Waals surface area contributed by atoms with Gasteiger partial charge in [-0.05, 0) is 37.1 Å². The van der Waals surface area contributed by atoms with Crippen molar-refractivity contribution in [2.45, 2.75) is 25.4 Å². The summed E-state index contributed by atoms with van der Waals surface area (Å²) < 4.78 is 0. The number of hydrogen-bond donors (Lipinski definition) is 2. The largest absolute Gasteiger partial charge is 0.478 e. The Morgan fingerprint density at radius 2 is 2.30 bits per heavy atom.